The number of nitrogens with two attached hydrogens (primary N) is 1. The smallest absolute Gasteiger partial charge is 0.414 e. The lowest BCUT2D eigenvalue weighted by Gasteiger charge is -2.26. The summed E-state index contributed by atoms with van der Waals surface area (Å²) in [5.74, 6) is 4.87. The van der Waals surface area contributed by atoms with Gasteiger partial charge >= 0.3 is 6.09 Å². The number of amides is 2. The van der Waals surface area contributed by atoms with Gasteiger partial charge in [-0.05, 0) is 32.9 Å². The maximum absolute atomic E-state index is 12.2. The van der Waals surface area contributed by atoms with E-state index in [4.69, 9.17) is 10.6 Å². The topological polar surface area (TPSA) is 93.9 Å². The van der Waals surface area contributed by atoms with Crippen molar-refractivity contribution in [3.8, 4) is 0 Å². The molecule has 1 aromatic rings. The summed E-state index contributed by atoms with van der Waals surface area (Å²) in [6.45, 7) is 5.45. The second-order valence-corrected chi connectivity index (χ2v) is 5.77. The van der Waals surface area contributed by atoms with Gasteiger partial charge in [0.05, 0.1) is 12.3 Å². The quantitative estimate of drug-likeness (QED) is 0.827. The van der Waals surface area contributed by atoms with Crippen LogP contribution in [-0.4, -0.2) is 31.7 Å². The molecule has 0 radical (unpaired) electrons. The van der Waals surface area contributed by atoms with Crippen LogP contribution in [0.2, 0.25) is 0 Å². The third-order valence-electron chi connectivity index (χ3n) is 2.84. The highest BCUT2D eigenvalue weighted by molar-refractivity contribution is 5.97. The first-order chi connectivity index (χ1) is 10.2. The van der Waals surface area contributed by atoms with E-state index in [0.717, 1.165) is 0 Å². The molecule has 0 unspecified atom stereocenters. The van der Waals surface area contributed by atoms with Crippen molar-refractivity contribution in [2.45, 2.75) is 33.0 Å². The van der Waals surface area contributed by atoms with Crippen LogP contribution in [0.1, 0.15) is 36.7 Å². The molecule has 0 spiro atoms. The Morgan fingerprint density at radius 2 is 1.95 bits per heavy atom. The standard InChI is InChI=1S/C15H23N3O4/c1-15(2,3)22-14(20)18(5)12-8-10(13(19)17-4)6-7-11(12)9-21-16/h6-8H,9,16H2,1-5H3,(H,17,19). The van der Waals surface area contributed by atoms with Crippen molar-refractivity contribution in [1.29, 1.82) is 0 Å². The maximum atomic E-state index is 12.2. The fourth-order valence-corrected chi connectivity index (χ4v) is 1.80. The second kappa shape index (κ2) is 7.24. The molecule has 7 heteroatoms. The lowest BCUT2D eigenvalue weighted by atomic mass is 10.1. The van der Waals surface area contributed by atoms with Gasteiger partial charge in [-0.1, -0.05) is 6.07 Å². The van der Waals surface area contributed by atoms with Crippen LogP contribution in [0.15, 0.2) is 18.2 Å². The Morgan fingerprint density at radius 1 is 1.32 bits per heavy atom. The van der Waals surface area contributed by atoms with Crippen LogP contribution in [0, 0.1) is 0 Å². The predicted molar refractivity (Wildman–Crippen MR) is 83.4 cm³/mol. The van der Waals surface area contributed by atoms with Gasteiger partial charge in [0.15, 0.2) is 0 Å². The molecule has 0 aliphatic heterocycles. The van der Waals surface area contributed by atoms with Crippen molar-refractivity contribution in [3.05, 3.63) is 29.3 Å². The first-order valence-corrected chi connectivity index (χ1v) is 6.83. The molecule has 0 bridgehead atoms. The molecule has 0 aliphatic carbocycles. The molecule has 0 atom stereocenters. The van der Waals surface area contributed by atoms with Gasteiger partial charge in [-0.25, -0.2) is 10.7 Å². The highest BCUT2D eigenvalue weighted by Gasteiger charge is 2.23. The van der Waals surface area contributed by atoms with Crippen molar-refractivity contribution in [1.82, 2.24) is 5.32 Å². The Morgan fingerprint density at radius 3 is 2.45 bits per heavy atom. The van der Waals surface area contributed by atoms with Crippen molar-refractivity contribution in [2.24, 2.45) is 5.90 Å². The molecule has 0 aromatic heterocycles. The number of nitrogens with one attached hydrogen (secondary N) is 1. The zero-order valence-electron chi connectivity index (χ0n) is 13.6. The van der Waals surface area contributed by atoms with Gasteiger partial charge in [0.2, 0.25) is 0 Å². The molecule has 22 heavy (non-hydrogen) atoms. The number of carbonyl (C=O) groups is 2. The molecule has 0 fully saturated rings. The molecule has 1 rings (SSSR count). The van der Waals surface area contributed by atoms with E-state index in [0.29, 0.717) is 16.8 Å². The van der Waals surface area contributed by atoms with E-state index in [-0.39, 0.29) is 12.5 Å². The highest BCUT2D eigenvalue weighted by atomic mass is 16.6. The summed E-state index contributed by atoms with van der Waals surface area (Å²) in [7, 11) is 3.10. The minimum absolute atomic E-state index is 0.108. The summed E-state index contributed by atoms with van der Waals surface area (Å²) in [4.78, 5) is 29.9. The monoisotopic (exact) mass is 309 g/mol. The summed E-state index contributed by atoms with van der Waals surface area (Å²) >= 11 is 0. The molecule has 2 amide bonds. The lowest BCUT2D eigenvalue weighted by molar-refractivity contribution is 0.0587. The number of rotatable bonds is 4. The SMILES string of the molecule is CNC(=O)c1ccc(CON)c(N(C)C(=O)OC(C)(C)C)c1. The molecular weight excluding hydrogens is 286 g/mol. The number of hydrogen-bond donors (Lipinski definition) is 2. The largest absolute Gasteiger partial charge is 0.443 e. The average molecular weight is 309 g/mol. The van der Waals surface area contributed by atoms with Crippen LogP contribution in [0.4, 0.5) is 10.5 Å². The summed E-state index contributed by atoms with van der Waals surface area (Å²) in [6.07, 6.45) is -0.528. The average Bonchev–Trinajstić information content (AvgIpc) is 2.44. The minimum atomic E-state index is -0.617. The molecule has 0 saturated heterocycles. The molecule has 1 aromatic carbocycles. The zero-order chi connectivity index (χ0) is 16.9. The van der Waals surface area contributed by atoms with Crippen LogP contribution in [-0.2, 0) is 16.2 Å². The number of hydrogen-bond acceptors (Lipinski definition) is 5. The van der Waals surface area contributed by atoms with Crippen molar-refractivity contribution < 1.29 is 19.2 Å². The summed E-state index contributed by atoms with van der Waals surface area (Å²) in [5, 5.41) is 2.54. The first kappa shape index (κ1) is 17.9. The minimum Gasteiger partial charge on any atom is -0.443 e. The van der Waals surface area contributed by atoms with Crippen LogP contribution in [0.25, 0.3) is 0 Å². The molecular formula is C15H23N3O4. The van der Waals surface area contributed by atoms with E-state index in [2.05, 4.69) is 10.2 Å². The van der Waals surface area contributed by atoms with Gasteiger partial charge in [0.25, 0.3) is 5.91 Å². The zero-order valence-corrected chi connectivity index (χ0v) is 13.6. The van der Waals surface area contributed by atoms with Gasteiger partial charge in [-0.2, -0.15) is 0 Å². The van der Waals surface area contributed by atoms with Crippen LogP contribution in [0.5, 0.6) is 0 Å². The third-order valence-corrected chi connectivity index (χ3v) is 2.84. The van der Waals surface area contributed by atoms with E-state index >= 15 is 0 Å². The number of benzene rings is 1. The Bertz CT molecular complexity index is 552. The Labute approximate surface area is 130 Å². The Balaban J connectivity index is 3.17. The number of nitrogens with zero attached hydrogens (tertiary/aromatic N) is 1. The number of carbonyl (C=O) groups excluding carboxylic acids is 2. The molecule has 0 saturated carbocycles. The third kappa shape index (κ3) is 4.71. The lowest BCUT2D eigenvalue weighted by Crippen LogP contribution is -2.35. The van der Waals surface area contributed by atoms with E-state index in [1.54, 1.807) is 46.0 Å². The highest BCUT2D eigenvalue weighted by Crippen LogP contribution is 2.24. The Kier molecular flexibility index (Phi) is 5.90. The summed E-state index contributed by atoms with van der Waals surface area (Å²) < 4.78 is 5.33. The normalized spacial score (nSPS) is 11.0. The van der Waals surface area contributed by atoms with Crippen molar-refractivity contribution >= 4 is 17.7 Å². The van der Waals surface area contributed by atoms with E-state index in [1.807, 2.05) is 0 Å². The summed E-state index contributed by atoms with van der Waals surface area (Å²) in [5.41, 5.74) is 0.979. The van der Waals surface area contributed by atoms with Gasteiger partial charge < -0.3 is 10.1 Å². The van der Waals surface area contributed by atoms with Crippen LogP contribution >= 0.6 is 0 Å². The summed E-state index contributed by atoms with van der Waals surface area (Å²) in [6, 6.07) is 4.92. The van der Waals surface area contributed by atoms with E-state index in [1.165, 1.54) is 11.9 Å². The van der Waals surface area contributed by atoms with E-state index < -0.39 is 11.7 Å². The fraction of sp³-hybridized carbons (Fsp3) is 0.467. The maximum Gasteiger partial charge on any atom is 0.414 e. The van der Waals surface area contributed by atoms with E-state index in [9.17, 15) is 9.59 Å². The molecule has 7 nitrogen and oxygen atoms in total. The molecule has 0 aliphatic rings. The molecule has 3 N–H and O–H groups in total. The van der Waals surface area contributed by atoms with Gasteiger partial charge in [0.1, 0.15) is 5.60 Å². The number of anilines is 1. The van der Waals surface area contributed by atoms with Crippen molar-refractivity contribution in [3.63, 3.8) is 0 Å². The molecule has 122 valence electrons. The van der Waals surface area contributed by atoms with Gasteiger partial charge in [-0.15, -0.1) is 0 Å². The second-order valence-electron chi connectivity index (χ2n) is 5.77. The first-order valence-electron chi connectivity index (χ1n) is 6.83. The molecule has 0 heterocycles. The van der Waals surface area contributed by atoms with Crippen molar-refractivity contribution in [2.75, 3.05) is 19.0 Å². The van der Waals surface area contributed by atoms with Gasteiger partial charge in [0, 0.05) is 25.2 Å². The van der Waals surface area contributed by atoms with Gasteiger partial charge in [-0.3, -0.25) is 14.5 Å². The fourth-order valence-electron chi connectivity index (χ4n) is 1.80. The predicted octanol–water partition coefficient (Wildman–Crippen LogP) is 1.81. The Hall–Kier alpha value is -2.12. The van der Waals surface area contributed by atoms with Crippen LogP contribution < -0.4 is 16.1 Å². The number of ether oxygens (including phenoxy) is 1. The van der Waals surface area contributed by atoms with Crippen LogP contribution in [0.3, 0.4) is 0 Å².